The van der Waals surface area contributed by atoms with Crippen molar-refractivity contribution in [2.75, 3.05) is 6.54 Å². The molecule has 0 bridgehead atoms. The smallest absolute Gasteiger partial charge is 0.410 e. The minimum Gasteiger partial charge on any atom is -0.444 e. The van der Waals surface area contributed by atoms with E-state index in [9.17, 15) is 9.59 Å². The number of nitrogens with zero attached hydrogens (tertiary/aromatic N) is 1. The molecule has 0 spiro atoms. The minimum absolute atomic E-state index is 0.159. The summed E-state index contributed by atoms with van der Waals surface area (Å²) in [6.07, 6.45) is 0.372. The Morgan fingerprint density at radius 1 is 1.13 bits per heavy atom. The normalized spacial score (nSPS) is 21.1. The molecule has 0 aliphatic carbocycles. The second kappa shape index (κ2) is 6.93. The predicted molar refractivity (Wildman–Crippen MR) is 94.4 cm³/mol. The van der Waals surface area contributed by atoms with Crippen LogP contribution >= 0.6 is 0 Å². The molecule has 0 unspecified atom stereocenters. The summed E-state index contributed by atoms with van der Waals surface area (Å²) in [4.78, 5) is 26.2. The number of likely N-dealkylation sites (tertiary alicyclic amines) is 1. The summed E-state index contributed by atoms with van der Waals surface area (Å²) < 4.78 is 11.7. The van der Waals surface area contributed by atoms with Gasteiger partial charge in [-0.1, -0.05) is 20.8 Å². The molecule has 23 heavy (non-hydrogen) atoms. The van der Waals surface area contributed by atoms with Gasteiger partial charge in [0.15, 0.2) is 9.76 Å². The van der Waals surface area contributed by atoms with Gasteiger partial charge < -0.3 is 14.1 Å². The topological polar surface area (TPSA) is 55.8 Å². The second-order valence-corrected chi connectivity index (χ2v) is 11.8. The number of ketones is 1. The molecule has 1 amide bonds. The summed E-state index contributed by atoms with van der Waals surface area (Å²) in [5.74, 6) is 0.184. The highest BCUT2D eigenvalue weighted by Crippen LogP contribution is 2.31. The third-order valence-corrected chi connectivity index (χ3v) is 5.49. The van der Waals surface area contributed by atoms with Gasteiger partial charge in [-0.2, -0.15) is 0 Å². The van der Waals surface area contributed by atoms with Gasteiger partial charge in [-0.3, -0.25) is 4.79 Å². The van der Waals surface area contributed by atoms with Crippen molar-refractivity contribution in [2.45, 2.75) is 90.5 Å². The standard InChI is InChI=1S/C17H33NO4Si/c1-15(2,3)21-14(20)18-10-9-12(19)11-13(18)17(7,8)22-23-16(4,5)6/h13H,9-11,23H2,1-8H3/t13-/m1/s1. The van der Waals surface area contributed by atoms with Crippen molar-refractivity contribution in [3.63, 3.8) is 0 Å². The Morgan fingerprint density at radius 2 is 1.70 bits per heavy atom. The Hall–Kier alpha value is -0.883. The maximum absolute atomic E-state index is 12.5. The van der Waals surface area contributed by atoms with E-state index in [0.29, 0.717) is 19.4 Å². The fourth-order valence-electron chi connectivity index (χ4n) is 2.49. The molecule has 6 heteroatoms. The fraction of sp³-hybridized carbons (Fsp3) is 0.882. The number of ether oxygens (including phenoxy) is 1. The highest BCUT2D eigenvalue weighted by atomic mass is 28.2. The van der Waals surface area contributed by atoms with Crippen LogP contribution in [0.15, 0.2) is 0 Å². The van der Waals surface area contributed by atoms with Gasteiger partial charge in [-0.25, -0.2) is 4.79 Å². The van der Waals surface area contributed by atoms with Crippen LogP contribution in [0.5, 0.6) is 0 Å². The van der Waals surface area contributed by atoms with Crippen LogP contribution in [0.2, 0.25) is 5.04 Å². The molecule has 1 atom stereocenters. The average molecular weight is 344 g/mol. The minimum atomic E-state index is -0.787. The number of piperidine rings is 1. The van der Waals surface area contributed by atoms with Crippen molar-refractivity contribution >= 4 is 21.6 Å². The molecule has 1 heterocycles. The van der Waals surface area contributed by atoms with E-state index in [1.165, 1.54) is 0 Å². The van der Waals surface area contributed by atoms with Gasteiger partial charge in [-0.05, 0) is 39.7 Å². The molecule has 0 aromatic heterocycles. The molecule has 0 saturated carbocycles. The number of carbonyl (C=O) groups is 2. The highest BCUT2D eigenvalue weighted by molar-refractivity contribution is 6.31. The molecule has 1 rings (SSSR count). The van der Waals surface area contributed by atoms with Crippen molar-refractivity contribution in [3.8, 4) is 0 Å². The summed E-state index contributed by atoms with van der Waals surface area (Å²) in [6, 6.07) is -0.270. The van der Waals surface area contributed by atoms with Crippen LogP contribution < -0.4 is 0 Å². The molecule has 0 radical (unpaired) electrons. The third-order valence-electron chi connectivity index (χ3n) is 3.74. The number of carbonyl (C=O) groups excluding carboxylic acids is 2. The van der Waals surface area contributed by atoms with Gasteiger partial charge in [-0.15, -0.1) is 0 Å². The second-order valence-electron chi connectivity index (χ2n) is 9.14. The molecule has 1 saturated heterocycles. The Morgan fingerprint density at radius 3 is 2.17 bits per heavy atom. The van der Waals surface area contributed by atoms with E-state index in [4.69, 9.17) is 9.16 Å². The van der Waals surface area contributed by atoms with Crippen molar-refractivity contribution in [2.24, 2.45) is 0 Å². The van der Waals surface area contributed by atoms with Crippen LogP contribution in [0, 0.1) is 0 Å². The predicted octanol–water partition coefficient (Wildman–Crippen LogP) is 3.05. The van der Waals surface area contributed by atoms with E-state index in [0.717, 1.165) is 0 Å². The van der Waals surface area contributed by atoms with E-state index in [-0.39, 0.29) is 23.0 Å². The number of hydrogen-bond acceptors (Lipinski definition) is 4. The maximum atomic E-state index is 12.5. The lowest BCUT2D eigenvalue weighted by atomic mass is 9.89. The van der Waals surface area contributed by atoms with Crippen LogP contribution in [0.4, 0.5) is 4.79 Å². The molecule has 134 valence electrons. The van der Waals surface area contributed by atoms with Crippen LogP contribution in [-0.4, -0.2) is 50.3 Å². The Kier molecular flexibility index (Phi) is 6.07. The molecule has 1 fully saturated rings. The summed E-state index contributed by atoms with van der Waals surface area (Å²) in [7, 11) is -0.787. The lowest BCUT2D eigenvalue weighted by Crippen LogP contribution is -2.58. The van der Waals surface area contributed by atoms with Crippen molar-refractivity contribution < 1.29 is 18.8 Å². The first-order valence-electron chi connectivity index (χ1n) is 8.36. The fourth-order valence-corrected chi connectivity index (χ4v) is 3.49. The zero-order valence-corrected chi connectivity index (χ0v) is 17.4. The van der Waals surface area contributed by atoms with Crippen LogP contribution in [0.1, 0.15) is 68.2 Å². The van der Waals surface area contributed by atoms with Crippen LogP contribution in [0.25, 0.3) is 0 Å². The van der Waals surface area contributed by atoms with E-state index < -0.39 is 21.0 Å². The molecule has 0 aromatic carbocycles. The first kappa shape index (κ1) is 20.2. The number of hydrogen-bond donors (Lipinski definition) is 0. The molecule has 0 aromatic rings. The Labute approximate surface area is 143 Å². The van der Waals surface area contributed by atoms with E-state index in [1.807, 2.05) is 34.6 Å². The van der Waals surface area contributed by atoms with E-state index in [2.05, 4.69) is 20.8 Å². The van der Waals surface area contributed by atoms with Gasteiger partial charge in [0, 0.05) is 19.4 Å². The monoisotopic (exact) mass is 343 g/mol. The highest BCUT2D eigenvalue weighted by Gasteiger charge is 2.43. The summed E-state index contributed by atoms with van der Waals surface area (Å²) in [6.45, 7) is 16.4. The molecule has 0 N–H and O–H groups in total. The lowest BCUT2D eigenvalue weighted by molar-refractivity contribution is -0.126. The zero-order valence-electron chi connectivity index (χ0n) is 16.0. The molecular formula is C17H33NO4Si. The van der Waals surface area contributed by atoms with Crippen molar-refractivity contribution in [1.29, 1.82) is 0 Å². The van der Waals surface area contributed by atoms with Crippen LogP contribution in [0.3, 0.4) is 0 Å². The molecule has 5 nitrogen and oxygen atoms in total. The first-order valence-corrected chi connectivity index (χ1v) is 9.65. The summed E-state index contributed by atoms with van der Waals surface area (Å²) in [5, 5.41) is 0.159. The maximum Gasteiger partial charge on any atom is 0.410 e. The lowest BCUT2D eigenvalue weighted by Gasteiger charge is -2.45. The van der Waals surface area contributed by atoms with Gasteiger partial charge in [0.05, 0.1) is 11.6 Å². The summed E-state index contributed by atoms with van der Waals surface area (Å²) >= 11 is 0. The quantitative estimate of drug-likeness (QED) is 0.739. The molecule has 1 aliphatic heterocycles. The van der Waals surface area contributed by atoms with Gasteiger partial charge in [0.1, 0.15) is 11.4 Å². The van der Waals surface area contributed by atoms with Crippen molar-refractivity contribution in [3.05, 3.63) is 0 Å². The number of amides is 1. The SMILES string of the molecule is CC(C)(C)OC(=O)N1CCC(=O)C[C@@H]1C(C)(C)O[SiH2]C(C)(C)C. The molecular weight excluding hydrogens is 310 g/mol. The number of rotatable bonds is 3. The number of Topliss-reactive ketones (excluding diaryl/α,β-unsaturated/α-hetero) is 1. The van der Waals surface area contributed by atoms with Gasteiger partial charge >= 0.3 is 6.09 Å². The average Bonchev–Trinajstić information content (AvgIpc) is 2.33. The van der Waals surface area contributed by atoms with E-state index >= 15 is 0 Å². The summed E-state index contributed by atoms with van der Waals surface area (Å²) in [5.41, 5.74) is -1.10. The molecule has 1 aliphatic rings. The zero-order chi connectivity index (χ0) is 18.1. The third kappa shape index (κ3) is 6.63. The van der Waals surface area contributed by atoms with Gasteiger partial charge in [0.2, 0.25) is 0 Å². The Balaban J connectivity index is 2.91. The van der Waals surface area contributed by atoms with Crippen molar-refractivity contribution in [1.82, 2.24) is 4.90 Å². The van der Waals surface area contributed by atoms with Gasteiger partial charge in [0.25, 0.3) is 0 Å². The van der Waals surface area contributed by atoms with Crippen LogP contribution in [-0.2, 0) is 14.0 Å². The Bertz CT molecular complexity index is 448. The largest absolute Gasteiger partial charge is 0.444 e. The first-order chi connectivity index (χ1) is 10.2. The van der Waals surface area contributed by atoms with E-state index in [1.54, 1.807) is 4.90 Å².